The lowest BCUT2D eigenvalue weighted by atomic mass is 10.1. The SMILES string of the molecule is NC(=O)C1CNCCN1C(=O)c1cnsn1. The van der Waals surface area contributed by atoms with Crippen LogP contribution < -0.4 is 11.1 Å². The van der Waals surface area contributed by atoms with Gasteiger partial charge in [0.2, 0.25) is 5.91 Å². The Labute approximate surface area is 95.9 Å². The highest BCUT2D eigenvalue weighted by Crippen LogP contribution is 2.09. The van der Waals surface area contributed by atoms with Crippen molar-refractivity contribution in [2.75, 3.05) is 19.6 Å². The smallest absolute Gasteiger partial charge is 0.276 e. The second-order valence-electron chi connectivity index (χ2n) is 3.41. The normalized spacial score (nSPS) is 20.8. The van der Waals surface area contributed by atoms with E-state index in [4.69, 9.17) is 5.73 Å². The van der Waals surface area contributed by atoms with Crippen LogP contribution in [0.2, 0.25) is 0 Å². The molecule has 2 amide bonds. The summed E-state index contributed by atoms with van der Waals surface area (Å²) < 4.78 is 7.61. The van der Waals surface area contributed by atoms with E-state index >= 15 is 0 Å². The van der Waals surface area contributed by atoms with Gasteiger partial charge < -0.3 is 16.0 Å². The summed E-state index contributed by atoms with van der Waals surface area (Å²) in [7, 11) is 0. The quantitative estimate of drug-likeness (QED) is 0.652. The number of aromatic nitrogens is 2. The Morgan fingerprint density at radius 3 is 3.06 bits per heavy atom. The summed E-state index contributed by atoms with van der Waals surface area (Å²) in [5, 5.41) is 3.02. The fourth-order valence-electron chi connectivity index (χ4n) is 1.61. The molecule has 3 N–H and O–H groups in total. The summed E-state index contributed by atoms with van der Waals surface area (Å²) in [6.07, 6.45) is 1.40. The van der Waals surface area contributed by atoms with Crippen molar-refractivity contribution in [1.29, 1.82) is 0 Å². The van der Waals surface area contributed by atoms with E-state index in [0.29, 0.717) is 19.6 Å². The Morgan fingerprint density at radius 1 is 1.62 bits per heavy atom. The van der Waals surface area contributed by atoms with E-state index in [1.807, 2.05) is 0 Å². The summed E-state index contributed by atoms with van der Waals surface area (Å²) in [5.41, 5.74) is 5.50. The largest absolute Gasteiger partial charge is 0.368 e. The Bertz CT molecular complexity index is 393. The number of amides is 2. The minimum Gasteiger partial charge on any atom is -0.368 e. The van der Waals surface area contributed by atoms with Crippen LogP contribution in [0.1, 0.15) is 10.5 Å². The van der Waals surface area contributed by atoms with Gasteiger partial charge in [0.15, 0.2) is 5.69 Å². The zero-order valence-corrected chi connectivity index (χ0v) is 9.24. The van der Waals surface area contributed by atoms with Crippen LogP contribution in [0.15, 0.2) is 6.20 Å². The van der Waals surface area contributed by atoms with Gasteiger partial charge in [-0.3, -0.25) is 9.59 Å². The highest BCUT2D eigenvalue weighted by atomic mass is 32.1. The van der Waals surface area contributed by atoms with Gasteiger partial charge in [-0.05, 0) is 0 Å². The van der Waals surface area contributed by atoms with Crippen LogP contribution >= 0.6 is 11.7 Å². The first-order chi connectivity index (χ1) is 7.70. The molecule has 0 aliphatic carbocycles. The van der Waals surface area contributed by atoms with Gasteiger partial charge in [0.05, 0.1) is 17.9 Å². The Kier molecular flexibility index (Phi) is 3.11. The Morgan fingerprint density at radius 2 is 2.44 bits per heavy atom. The molecule has 1 aliphatic rings. The van der Waals surface area contributed by atoms with Crippen LogP contribution in [-0.4, -0.2) is 51.1 Å². The number of nitrogens with zero attached hydrogens (tertiary/aromatic N) is 3. The zero-order valence-electron chi connectivity index (χ0n) is 8.42. The van der Waals surface area contributed by atoms with Gasteiger partial charge in [-0.25, -0.2) is 0 Å². The van der Waals surface area contributed by atoms with E-state index in [-0.39, 0.29) is 11.6 Å². The summed E-state index contributed by atoms with van der Waals surface area (Å²) in [6, 6.07) is -0.608. The Balaban J connectivity index is 2.17. The van der Waals surface area contributed by atoms with Gasteiger partial charge in [-0.15, -0.1) is 0 Å². The third kappa shape index (κ3) is 2.02. The summed E-state index contributed by atoms with van der Waals surface area (Å²) in [4.78, 5) is 24.6. The molecule has 16 heavy (non-hydrogen) atoms. The number of nitrogens with two attached hydrogens (primary N) is 1. The van der Waals surface area contributed by atoms with Crippen LogP contribution in [0.25, 0.3) is 0 Å². The van der Waals surface area contributed by atoms with Crippen molar-refractivity contribution >= 4 is 23.5 Å². The second-order valence-corrected chi connectivity index (χ2v) is 3.97. The first-order valence-corrected chi connectivity index (χ1v) is 5.51. The first kappa shape index (κ1) is 11.0. The number of carbonyl (C=O) groups excluding carboxylic acids is 2. The molecule has 0 spiro atoms. The van der Waals surface area contributed by atoms with Crippen LogP contribution in [-0.2, 0) is 4.79 Å². The molecule has 1 atom stereocenters. The topological polar surface area (TPSA) is 101 Å². The molecule has 1 aromatic rings. The van der Waals surface area contributed by atoms with Crippen molar-refractivity contribution in [2.24, 2.45) is 5.73 Å². The van der Waals surface area contributed by atoms with Gasteiger partial charge >= 0.3 is 0 Å². The molecule has 2 heterocycles. The number of nitrogens with one attached hydrogen (secondary N) is 1. The molecule has 0 saturated carbocycles. The van der Waals surface area contributed by atoms with Crippen molar-refractivity contribution in [3.8, 4) is 0 Å². The number of primary amides is 1. The molecule has 1 saturated heterocycles. The second kappa shape index (κ2) is 4.54. The lowest BCUT2D eigenvalue weighted by molar-refractivity contribution is -0.122. The first-order valence-electron chi connectivity index (χ1n) is 4.78. The lowest BCUT2D eigenvalue weighted by Crippen LogP contribution is -2.58. The van der Waals surface area contributed by atoms with E-state index in [1.165, 1.54) is 11.1 Å². The van der Waals surface area contributed by atoms with Crippen molar-refractivity contribution < 1.29 is 9.59 Å². The van der Waals surface area contributed by atoms with Gasteiger partial charge in [0.1, 0.15) is 6.04 Å². The fraction of sp³-hybridized carbons (Fsp3) is 0.500. The number of carbonyl (C=O) groups is 2. The molecule has 1 fully saturated rings. The molecule has 1 unspecified atom stereocenters. The number of rotatable bonds is 2. The zero-order chi connectivity index (χ0) is 11.5. The minimum absolute atomic E-state index is 0.262. The summed E-state index contributed by atoms with van der Waals surface area (Å²) >= 11 is 0.962. The molecule has 8 heteroatoms. The maximum absolute atomic E-state index is 12.0. The van der Waals surface area contributed by atoms with Crippen molar-refractivity contribution in [1.82, 2.24) is 19.0 Å². The molecule has 0 aromatic carbocycles. The molecule has 2 rings (SSSR count). The minimum atomic E-state index is -0.608. The van der Waals surface area contributed by atoms with Crippen molar-refractivity contribution in [2.45, 2.75) is 6.04 Å². The standard InChI is InChI=1S/C8H11N5O2S/c9-7(14)6-4-10-1-2-13(6)8(15)5-3-11-16-12-5/h3,6,10H,1-2,4H2,(H2,9,14). The van der Waals surface area contributed by atoms with E-state index < -0.39 is 11.9 Å². The molecule has 86 valence electrons. The van der Waals surface area contributed by atoms with Crippen LogP contribution in [0.5, 0.6) is 0 Å². The van der Waals surface area contributed by atoms with Gasteiger partial charge in [0, 0.05) is 19.6 Å². The number of piperazine rings is 1. The third-order valence-corrected chi connectivity index (χ3v) is 2.89. The van der Waals surface area contributed by atoms with Gasteiger partial charge in [-0.1, -0.05) is 0 Å². The van der Waals surface area contributed by atoms with Crippen molar-refractivity contribution in [3.05, 3.63) is 11.9 Å². The van der Waals surface area contributed by atoms with Crippen LogP contribution in [0, 0.1) is 0 Å². The molecule has 1 aliphatic heterocycles. The highest BCUT2D eigenvalue weighted by molar-refractivity contribution is 6.99. The number of hydrogen-bond acceptors (Lipinski definition) is 6. The van der Waals surface area contributed by atoms with Gasteiger partial charge in [0.25, 0.3) is 5.91 Å². The molecule has 1 aromatic heterocycles. The van der Waals surface area contributed by atoms with E-state index in [2.05, 4.69) is 14.1 Å². The highest BCUT2D eigenvalue weighted by Gasteiger charge is 2.31. The Hall–Kier alpha value is -1.54. The van der Waals surface area contributed by atoms with E-state index in [1.54, 1.807) is 0 Å². The maximum Gasteiger partial charge on any atom is 0.276 e. The predicted molar refractivity (Wildman–Crippen MR) is 56.8 cm³/mol. The maximum atomic E-state index is 12.0. The van der Waals surface area contributed by atoms with Crippen molar-refractivity contribution in [3.63, 3.8) is 0 Å². The fourth-order valence-corrected chi connectivity index (χ4v) is 2.01. The van der Waals surface area contributed by atoms with E-state index in [9.17, 15) is 9.59 Å². The predicted octanol–water partition coefficient (Wildman–Crippen LogP) is -1.56. The average Bonchev–Trinajstić information content (AvgIpc) is 2.81. The molecular formula is C8H11N5O2S. The summed E-state index contributed by atoms with van der Waals surface area (Å²) in [6.45, 7) is 1.48. The van der Waals surface area contributed by atoms with Crippen LogP contribution in [0.4, 0.5) is 0 Å². The molecule has 0 radical (unpaired) electrons. The van der Waals surface area contributed by atoms with E-state index in [0.717, 1.165) is 11.7 Å². The van der Waals surface area contributed by atoms with Crippen LogP contribution in [0.3, 0.4) is 0 Å². The lowest BCUT2D eigenvalue weighted by Gasteiger charge is -2.33. The third-order valence-electron chi connectivity index (χ3n) is 2.41. The molecule has 0 bridgehead atoms. The summed E-state index contributed by atoms with van der Waals surface area (Å²) in [5.74, 6) is -0.803. The number of hydrogen-bond donors (Lipinski definition) is 2. The molecular weight excluding hydrogens is 230 g/mol. The molecule has 7 nitrogen and oxygen atoms in total. The average molecular weight is 241 g/mol. The monoisotopic (exact) mass is 241 g/mol. The van der Waals surface area contributed by atoms with Gasteiger partial charge in [-0.2, -0.15) is 8.75 Å².